The van der Waals surface area contributed by atoms with Crippen LogP contribution < -0.4 is 5.32 Å². The Labute approximate surface area is 128 Å². The van der Waals surface area contributed by atoms with E-state index in [9.17, 15) is 25.2 Å². The zero-order valence-corrected chi connectivity index (χ0v) is 13.1. The third-order valence-electron chi connectivity index (χ3n) is 2.17. The van der Waals surface area contributed by atoms with Gasteiger partial charge in [0.15, 0.2) is 9.79 Å². The van der Waals surface area contributed by atoms with Crippen molar-refractivity contribution in [2.75, 3.05) is 12.4 Å². The average molecular weight is 361 g/mol. The van der Waals surface area contributed by atoms with E-state index < -0.39 is 7.81 Å². The number of benzene rings is 2. The number of anilines is 1. The summed E-state index contributed by atoms with van der Waals surface area (Å²) in [5.74, 6) is 0. The summed E-state index contributed by atoms with van der Waals surface area (Å²) in [7, 11) is -8.72. The molecule has 0 aliphatic carbocycles. The van der Waals surface area contributed by atoms with E-state index in [1.807, 2.05) is 13.1 Å². The number of thiol groups is 1. The molecular formula is C13H14F6NPS. The normalized spacial score (nSPS) is 14.1. The number of halogens is 6. The summed E-state index contributed by atoms with van der Waals surface area (Å²) in [5, 5.41) is 3.11. The Morgan fingerprint density at radius 2 is 1.14 bits per heavy atom. The molecule has 124 valence electrons. The van der Waals surface area contributed by atoms with Gasteiger partial charge in [0.05, 0.1) is 0 Å². The number of hydrogen-bond donors (Lipinski definition) is 1. The molecular weight excluding hydrogens is 347 g/mol. The Morgan fingerprint density at radius 1 is 0.727 bits per heavy atom. The Balaban J connectivity index is 0.000000295. The quantitative estimate of drug-likeness (QED) is 0.291. The van der Waals surface area contributed by atoms with Crippen molar-refractivity contribution in [3.63, 3.8) is 0 Å². The minimum absolute atomic E-state index is 1.15. The molecule has 0 atom stereocenters. The summed E-state index contributed by atoms with van der Waals surface area (Å²) in [4.78, 5) is 2.65. The van der Waals surface area contributed by atoms with Crippen LogP contribution in [0.15, 0.2) is 64.4 Å². The molecule has 0 bridgehead atoms. The third-order valence-corrected chi connectivity index (χ3v) is 3.28. The third kappa shape index (κ3) is 11.3. The predicted octanol–water partition coefficient (Wildman–Crippen LogP) is 6.34. The second-order valence-corrected chi connectivity index (χ2v) is 7.38. The molecule has 2 aromatic rings. The molecule has 1 nitrogen and oxygen atoms in total. The van der Waals surface area contributed by atoms with Crippen LogP contribution in [0.3, 0.4) is 0 Å². The van der Waals surface area contributed by atoms with E-state index in [-0.39, 0.29) is 0 Å². The minimum atomic E-state index is -10.7. The van der Waals surface area contributed by atoms with Crippen LogP contribution in [-0.2, 0) is 11.8 Å². The Hall–Kier alpha value is -1.40. The molecule has 1 N–H and O–H groups in total. The average Bonchev–Trinajstić information content (AvgIpc) is 2.37. The standard InChI is InChI=1S/C13H13NS.F6P/c1-14-11-7-9-13(10-8-11)15-12-5-3-2-4-6-12;1-7(2,3,4,5)6/h2-10,14H,1H3;/q;-1/p+1. The fraction of sp³-hybridized carbons (Fsp3) is 0.0769. The van der Waals surface area contributed by atoms with Crippen molar-refractivity contribution >= 4 is 25.3 Å². The number of hydrogen-bond acceptors (Lipinski definition) is 1. The summed E-state index contributed by atoms with van der Waals surface area (Å²) >= 11 is 1.26. The fourth-order valence-corrected chi connectivity index (χ4v) is 2.27. The second-order valence-electron chi connectivity index (χ2n) is 4.20. The summed E-state index contributed by atoms with van der Waals surface area (Å²) in [6.07, 6.45) is 0. The number of rotatable bonds is 3. The van der Waals surface area contributed by atoms with Gasteiger partial charge in [0.25, 0.3) is 0 Å². The molecule has 2 aromatic carbocycles. The molecule has 2 rings (SSSR count). The first-order chi connectivity index (χ1) is 9.83. The van der Waals surface area contributed by atoms with Crippen molar-refractivity contribution in [3.05, 3.63) is 54.6 Å². The molecule has 22 heavy (non-hydrogen) atoms. The first-order valence-corrected chi connectivity index (χ1v) is 8.87. The summed E-state index contributed by atoms with van der Waals surface area (Å²) in [6, 6.07) is 19.0. The van der Waals surface area contributed by atoms with E-state index in [0.29, 0.717) is 0 Å². The van der Waals surface area contributed by atoms with Crippen molar-refractivity contribution in [2.45, 2.75) is 9.79 Å². The van der Waals surface area contributed by atoms with Gasteiger partial charge in [0.1, 0.15) is 0 Å². The Morgan fingerprint density at radius 3 is 1.55 bits per heavy atom. The predicted molar refractivity (Wildman–Crippen MR) is 81.3 cm³/mol. The van der Waals surface area contributed by atoms with Gasteiger partial charge in [0, 0.05) is 24.5 Å². The molecule has 0 saturated heterocycles. The first kappa shape index (κ1) is 18.6. The zero-order valence-electron chi connectivity index (χ0n) is 11.4. The molecule has 0 spiro atoms. The molecule has 9 heteroatoms. The van der Waals surface area contributed by atoms with Gasteiger partial charge in [-0.2, -0.15) is 0 Å². The molecule has 0 unspecified atom stereocenters. The van der Waals surface area contributed by atoms with E-state index in [0.717, 1.165) is 5.69 Å². The van der Waals surface area contributed by atoms with Gasteiger partial charge in [-0.3, -0.25) is 0 Å². The van der Waals surface area contributed by atoms with Crippen molar-refractivity contribution in [1.29, 1.82) is 0 Å². The van der Waals surface area contributed by atoms with Crippen molar-refractivity contribution < 1.29 is 25.2 Å². The van der Waals surface area contributed by atoms with Crippen LogP contribution in [0.4, 0.5) is 30.9 Å². The molecule has 0 aromatic heterocycles. The molecule has 0 fully saturated rings. The van der Waals surface area contributed by atoms with Gasteiger partial charge in [-0.25, -0.2) is 0 Å². The van der Waals surface area contributed by atoms with Gasteiger partial charge >= 0.3 is 33.0 Å². The van der Waals surface area contributed by atoms with E-state index in [1.165, 1.54) is 21.6 Å². The topological polar surface area (TPSA) is 12.0 Å². The van der Waals surface area contributed by atoms with Crippen molar-refractivity contribution in [2.24, 2.45) is 0 Å². The van der Waals surface area contributed by atoms with E-state index in [1.54, 1.807) is 0 Å². The molecule has 0 amide bonds. The maximum absolute atomic E-state index is 10.7. The zero-order chi connectivity index (χ0) is 16.9. The van der Waals surface area contributed by atoms with E-state index in [2.05, 4.69) is 53.8 Å². The van der Waals surface area contributed by atoms with Crippen LogP contribution >= 0.6 is 7.81 Å². The van der Waals surface area contributed by atoms with E-state index in [4.69, 9.17) is 0 Å². The van der Waals surface area contributed by atoms with Gasteiger partial charge in [-0.15, -0.1) is 0 Å². The Kier molecular flexibility index (Phi) is 5.09. The van der Waals surface area contributed by atoms with Crippen LogP contribution in [0.5, 0.6) is 0 Å². The van der Waals surface area contributed by atoms with Crippen LogP contribution in [0.25, 0.3) is 0 Å². The van der Waals surface area contributed by atoms with Crippen LogP contribution in [0, 0.1) is 0 Å². The molecule has 0 radical (unpaired) electrons. The summed E-state index contributed by atoms with van der Waals surface area (Å²) in [5.41, 5.74) is 1.15. The molecule has 0 aliphatic rings. The van der Waals surface area contributed by atoms with Crippen molar-refractivity contribution in [1.82, 2.24) is 0 Å². The van der Waals surface area contributed by atoms with Crippen LogP contribution in [-0.4, -0.2) is 7.05 Å². The monoisotopic (exact) mass is 361 g/mol. The van der Waals surface area contributed by atoms with Gasteiger partial charge < -0.3 is 5.32 Å². The Bertz CT molecular complexity index is 586. The van der Waals surface area contributed by atoms with Crippen LogP contribution in [0.2, 0.25) is 0 Å². The maximum atomic E-state index is 9.87. The number of nitrogens with one attached hydrogen (secondary N) is 1. The molecule has 0 aliphatic heterocycles. The SMILES string of the molecule is CNc1ccc([SH+]c2ccccc2)cc1.F[P-](F)(F)(F)(F)F. The van der Waals surface area contributed by atoms with Gasteiger partial charge in [-0.05, 0) is 36.4 Å². The first-order valence-electron chi connectivity index (χ1n) is 5.94. The van der Waals surface area contributed by atoms with E-state index >= 15 is 0 Å². The van der Waals surface area contributed by atoms with Crippen molar-refractivity contribution in [3.8, 4) is 0 Å². The summed E-state index contributed by atoms with van der Waals surface area (Å²) < 4.78 is 59.2. The molecule has 0 saturated carbocycles. The van der Waals surface area contributed by atoms with Gasteiger partial charge in [-0.1, -0.05) is 18.2 Å². The van der Waals surface area contributed by atoms with Gasteiger partial charge in [0.2, 0.25) is 0 Å². The van der Waals surface area contributed by atoms with Crippen LogP contribution in [0.1, 0.15) is 0 Å². The summed E-state index contributed by atoms with van der Waals surface area (Å²) in [6.45, 7) is 0. The second kappa shape index (κ2) is 6.01. The fourth-order valence-electron chi connectivity index (χ4n) is 1.35. The molecule has 0 heterocycles.